The summed E-state index contributed by atoms with van der Waals surface area (Å²) < 4.78 is 171. The summed E-state index contributed by atoms with van der Waals surface area (Å²) in [4.78, 5) is 23.4. The number of alkyl halides is 10. The van der Waals surface area contributed by atoms with Gasteiger partial charge in [-0.2, -0.15) is 52.3 Å². The Morgan fingerprint density at radius 3 is 1.79 bits per heavy atom. The van der Waals surface area contributed by atoms with Gasteiger partial charge in [0, 0.05) is 12.0 Å². The zero-order chi connectivity index (χ0) is 26.8. The molecule has 33 heavy (non-hydrogen) atoms. The van der Waals surface area contributed by atoms with E-state index in [4.69, 9.17) is 4.55 Å². The van der Waals surface area contributed by atoms with Crippen LogP contribution in [0.2, 0.25) is 0 Å². The summed E-state index contributed by atoms with van der Waals surface area (Å²) in [6, 6.07) is 0. The van der Waals surface area contributed by atoms with Crippen LogP contribution in [-0.2, 0) is 33.9 Å². The highest BCUT2D eigenvalue weighted by molar-refractivity contribution is 7.87. The molecule has 0 aromatic heterocycles. The topological polar surface area (TPSA) is 116 Å². The molecule has 0 saturated carbocycles. The third kappa shape index (κ3) is 6.92. The number of halogens is 10. The molecule has 0 aromatic carbocycles. The lowest BCUT2D eigenvalue weighted by atomic mass is 10.2. The van der Waals surface area contributed by atoms with Crippen LogP contribution in [0.1, 0.15) is 20.3 Å². The molecular formula is C14H14F10O8S. The van der Waals surface area contributed by atoms with Gasteiger partial charge in [-0.05, 0) is 13.8 Å². The molecule has 0 aliphatic rings. The number of rotatable bonds is 10. The van der Waals surface area contributed by atoms with Gasteiger partial charge in [-0.1, -0.05) is 6.58 Å². The minimum absolute atomic E-state index is 0.0282. The van der Waals surface area contributed by atoms with E-state index >= 15 is 0 Å². The summed E-state index contributed by atoms with van der Waals surface area (Å²) in [7, 11) is -6.81. The van der Waals surface area contributed by atoms with Crippen LogP contribution in [0.15, 0.2) is 12.2 Å². The average Bonchev–Trinajstić information content (AvgIpc) is 2.57. The van der Waals surface area contributed by atoms with Gasteiger partial charge in [-0.15, -0.1) is 0 Å². The molecular weight excluding hydrogens is 518 g/mol. The first-order valence-corrected chi connectivity index (χ1v) is 9.37. The van der Waals surface area contributed by atoms with Crippen molar-refractivity contribution in [2.75, 3.05) is 6.61 Å². The number of carbonyl (C=O) groups is 2. The quantitative estimate of drug-likeness (QED) is 0.150. The zero-order valence-corrected chi connectivity index (χ0v) is 17.0. The van der Waals surface area contributed by atoms with Crippen molar-refractivity contribution in [3.8, 4) is 0 Å². The molecule has 0 aliphatic heterocycles. The summed E-state index contributed by atoms with van der Waals surface area (Å²) >= 11 is 0. The van der Waals surface area contributed by atoms with Crippen LogP contribution >= 0.6 is 0 Å². The lowest BCUT2D eigenvalue weighted by Crippen LogP contribution is -2.60. The van der Waals surface area contributed by atoms with E-state index in [-0.39, 0.29) is 6.92 Å². The van der Waals surface area contributed by atoms with E-state index in [0.29, 0.717) is 6.92 Å². The Balaban J connectivity index is 6.24. The van der Waals surface area contributed by atoms with Gasteiger partial charge >= 0.3 is 51.4 Å². The summed E-state index contributed by atoms with van der Waals surface area (Å²) in [6.45, 7) is 1.15. The van der Waals surface area contributed by atoms with E-state index < -0.39 is 76.1 Å². The van der Waals surface area contributed by atoms with Crippen LogP contribution in [0.4, 0.5) is 43.9 Å². The first-order chi connectivity index (χ1) is 14.3. The average molecular weight is 532 g/mol. The van der Waals surface area contributed by atoms with Crippen LogP contribution in [-0.4, -0.2) is 66.9 Å². The summed E-state index contributed by atoms with van der Waals surface area (Å²) in [5.41, 5.74) is -0.910. The second-order valence-corrected chi connectivity index (χ2v) is 7.63. The standard InChI is InChI=1S/C14H14F10O8S/c1-6(2)8(25)32-11(13(20,21)22,9(26)31-7(3)12(17,18)19)30-5-4-10(15,16)14(23,24)33(27,28)29/h7H,1,4-5H2,2-3H3,(H,27,28,29). The first-order valence-electron chi connectivity index (χ1n) is 7.93. The largest absolute Gasteiger partial charge is 0.468 e. The molecule has 0 aliphatic carbocycles. The van der Waals surface area contributed by atoms with Crippen molar-refractivity contribution >= 4 is 22.1 Å². The molecule has 0 rings (SSSR count). The van der Waals surface area contributed by atoms with Crippen LogP contribution in [0.5, 0.6) is 0 Å². The summed E-state index contributed by atoms with van der Waals surface area (Å²) in [5.74, 6) is -16.3. The van der Waals surface area contributed by atoms with Crippen molar-refractivity contribution < 1.29 is 80.7 Å². The maximum atomic E-state index is 13.6. The van der Waals surface area contributed by atoms with E-state index in [9.17, 15) is 61.9 Å². The van der Waals surface area contributed by atoms with Gasteiger partial charge in [-0.3, -0.25) is 4.55 Å². The number of hydrogen-bond acceptors (Lipinski definition) is 7. The van der Waals surface area contributed by atoms with Gasteiger partial charge in [-0.25, -0.2) is 9.59 Å². The predicted molar refractivity (Wildman–Crippen MR) is 83.3 cm³/mol. The molecule has 0 saturated heterocycles. The van der Waals surface area contributed by atoms with Crippen LogP contribution < -0.4 is 0 Å². The number of carbonyl (C=O) groups excluding carboxylic acids is 2. The van der Waals surface area contributed by atoms with E-state index in [1.807, 2.05) is 0 Å². The molecule has 19 heteroatoms. The van der Waals surface area contributed by atoms with Crippen molar-refractivity contribution in [2.24, 2.45) is 0 Å². The second-order valence-electron chi connectivity index (χ2n) is 6.17. The van der Waals surface area contributed by atoms with Crippen molar-refractivity contribution in [3.05, 3.63) is 12.2 Å². The molecule has 0 bridgehead atoms. The fourth-order valence-corrected chi connectivity index (χ4v) is 2.04. The van der Waals surface area contributed by atoms with Gasteiger partial charge in [0.05, 0.1) is 6.61 Å². The van der Waals surface area contributed by atoms with Crippen LogP contribution in [0, 0.1) is 0 Å². The minimum Gasteiger partial charge on any atom is -0.448 e. The van der Waals surface area contributed by atoms with Crippen LogP contribution in [0.25, 0.3) is 0 Å². The maximum Gasteiger partial charge on any atom is 0.468 e. The molecule has 0 spiro atoms. The Morgan fingerprint density at radius 1 is 1.00 bits per heavy atom. The Hall–Kier alpha value is -2.15. The second kappa shape index (κ2) is 9.61. The van der Waals surface area contributed by atoms with E-state index in [1.54, 1.807) is 0 Å². The lowest BCUT2D eigenvalue weighted by Gasteiger charge is -2.34. The smallest absolute Gasteiger partial charge is 0.448 e. The molecule has 0 fully saturated rings. The molecule has 8 nitrogen and oxygen atoms in total. The van der Waals surface area contributed by atoms with Crippen molar-refractivity contribution in [3.63, 3.8) is 0 Å². The van der Waals surface area contributed by atoms with E-state index in [0.717, 1.165) is 0 Å². The maximum absolute atomic E-state index is 13.6. The van der Waals surface area contributed by atoms with Crippen LogP contribution in [0.3, 0.4) is 0 Å². The molecule has 194 valence electrons. The third-order valence-electron chi connectivity index (χ3n) is 3.44. The molecule has 0 aromatic rings. The lowest BCUT2D eigenvalue weighted by molar-refractivity contribution is -0.361. The number of ether oxygens (including phenoxy) is 3. The molecule has 0 heterocycles. The van der Waals surface area contributed by atoms with E-state index in [1.165, 1.54) is 0 Å². The highest BCUT2D eigenvalue weighted by Gasteiger charge is 2.70. The van der Waals surface area contributed by atoms with Crippen molar-refractivity contribution in [2.45, 2.75) is 55.7 Å². The van der Waals surface area contributed by atoms with Gasteiger partial charge in [0.25, 0.3) is 0 Å². The van der Waals surface area contributed by atoms with Gasteiger partial charge in [0.2, 0.25) is 0 Å². The van der Waals surface area contributed by atoms with E-state index in [2.05, 4.69) is 20.8 Å². The number of hydrogen-bond donors (Lipinski definition) is 1. The fraction of sp³-hybridized carbons (Fsp3) is 0.714. The Morgan fingerprint density at radius 2 is 1.45 bits per heavy atom. The number of esters is 2. The summed E-state index contributed by atoms with van der Waals surface area (Å²) in [5, 5.41) is -6.26. The third-order valence-corrected chi connectivity index (χ3v) is 4.39. The molecule has 2 atom stereocenters. The predicted octanol–water partition coefficient (Wildman–Crippen LogP) is 3.38. The first kappa shape index (κ1) is 30.9. The fourth-order valence-electron chi connectivity index (χ4n) is 1.57. The van der Waals surface area contributed by atoms with Crippen molar-refractivity contribution in [1.29, 1.82) is 0 Å². The van der Waals surface area contributed by atoms with Gasteiger partial charge in [0.15, 0.2) is 6.10 Å². The molecule has 1 N–H and O–H groups in total. The highest BCUT2D eigenvalue weighted by Crippen LogP contribution is 2.42. The highest BCUT2D eigenvalue weighted by atomic mass is 32.2. The molecule has 0 amide bonds. The van der Waals surface area contributed by atoms with Gasteiger partial charge in [0.1, 0.15) is 0 Å². The SMILES string of the molecule is C=C(C)C(=O)OC(OCCC(F)(F)C(F)(F)S(=O)(=O)O)(C(=O)OC(C)C(F)(F)F)C(F)(F)F. The Labute approximate surface area is 178 Å². The molecule has 2 unspecified atom stereocenters. The Kier molecular flexibility index (Phi) is 8.98. The van der Waals surface area contributed by atoms with Gasteiger partial charge < -0.3 is 14.2 Å². The Bertz CT molecular complexity index is 864. The molecule has 0 radical (unpaired) electrons. The summed E-state index contributed by atoms with van der Waals surface area (Å²) in [6.07, 6.45) is -17.8. The normalized spacial score (nSPS) is 16.5. The minimum atomic E-state index is -6.81. The zero-order valence-electron chi connectivity index (χ0n) is 16.2. The van der Waals surface area contributed by atoms with Crippen molar-refractivity contribution in [1.82, 2.24) is 0 Å². The monoisotopic (exact) mass is 532 g/mol.